The van der Waals surface area contributed by atoms with E-state index in [0.717, 1.165) is 24.4 Å². The second kappa shape index (κ2) is 12.7. The Morgan fingerprint density at radius 3 is 2.12 bits per heavy atom. The highest BCUT2D eigenvalue weighted by Crippen LogP contribution is 2.24. The quantitative estimate of drug-likeness (QED) is 0.447. The topological polar surface area (TPSA) is 97.0 Å². The number of hydrogen-bond donors (Lipinski definition) is 2. The first-order valence-electron chi connectivity index (χ1n) is 11.5. The number of nitrogens with one attached hydrogen (secondary N) is 2. The maximum absolute atomic E-state index is 13.2. The highest BCUT2D eigenvalue weighted by atomic mass is 32.2. The van der Waals surface area contributed by atoms with Gasteiger partial charge in [0.1, 0.15) is 17.5 Å². The van der Waals surface area contributed by atoms with Crippen LogP contribution in [0.1, 0.15) is 39.3 Å². The van der Waals surface area contributed by atoms with Crippen molar-refractivity contribution in [3.63, 3.8) is 0 Å². The smallest absolute Gasteiger partial charge is 0.241 e. The Morgan fingerprint density at radius 1 is 0.971 bits per heavy atom. The zero-order valence-electron chi connectivity index (χ0n) is 20.9. The summed E-state index contributed by atoms with van der Waals surface area (Å²) in [6.07, 6.45) is 0. The van der Waals surface area contributed by atoms with Crippen LogP contribution >= 0.6 is 0 Å². The number of hydrogen-bond acceptors (Lipinski definition) is 6. The van der Waals surface area contributed by atoms with E-state index in [1.807, 2.05) is 38.1 Å². The minimum atomic E-state index is -3.89. The van der Waals surface area contributed by atoms with Gasteiger partial charge in [-0.15, -0.1) is 0 Å². The lowest BCUT2D eigenvalue weighted by molar-refractivity contribution is -0.123. The Morgan fingerprint density at radius 2 is 1.59 bits per heavy atom. The summed E-state index contributed by atoms with van der Waals surface area (Å²) in [5, 5.41) is 2.97. The third kappa shape index (κ3) is 7.19. The lowest BCUT2D eigenvalue weighted by Gasteiger charge is -2.31. The molecule has 8 nitrogen and oxygen atoms in total. The number of ether oxygens (including phenoxy) is 2. The van der Waals surface area contributed by atoms with E-state index in [2.05, 4.69) is 28.8 Å². The fraction of sp³-hybridized carbons (Fsp3) is 0.480. The average Bonchev–Trinajstić information content (AvgIpc) is 2.84. The molecule has 1 amide bonds. The van der Waals surface area contributed by atoms with Gasteiger partial charge in [0.2, 0.25) is 15.9 Å². The first-order valence-corrected chi connectivity index (χ1v) is 13.0. The molecule has 2 aromatic rings. The number of nitrogens with zero attached hydrogens (tertiary/aromatic N) is 1. The number of methoxy groups -OCH3 is 2. The van der Waals surface area contributed by atoms with Gasteiger partial charge in [0.25, 0.3) is 0 Å². The Hall–Kier alpha value is -2.62. The molecule has 0 bridgehead atoms. The summed E-state index contributed by atoms with van der Waals surface area (Å²) >= 11 is 0. The molecule has 0 aliphatic carbocycles. The van der Waals surface area contributed by atoms with Crippen LogP contribution in [0.2, 0.25) is 0 Å². The normalized spacial score (nSPS) is 13.5. The molecular formula is C25H37N3O5S. The van der Waals surface area contributed by atoms with Crippen molar-refractivity contribution in [1.29, 1.82) is 0 Å². The largest absolute Gasteiger partial charge is 0.497 e. The van der Waals surface area contributed by atoms with Crippen LogP contribution in [-0.4, -0.2) is 59.1 Å². The van der Waals surface area contributed by atoms with Crippen LogP contribution in [0.15, 0.2) is 53.4 Å². The molecule has 0 radical (unpaired) electrons. The Labute approximate surface area is 203 Å². The van der Waals surface area contributed by atoms with E-state index in [9.17, 15) is 13.2 Å². The van der Waals surface area contributed by atoms with Crippen molar-refractivity contribution in [3.8, 4) is 11.5 Å². The number of sulfonamides is 1. The molecule has 1 unspecified atom stereocenters. The third-order valence-corrected chi connectivity index (χ3v) is 7.26. The summed E-state index contributed by atoms with van der Waals surface area (Å²) in [4.78, 5) is 15.5. The van der Waals surface area contributed by atoms with Gasteiger partial charge >= 0.3 is 0 Å². The van der Waals surface area contributed by atoms with Crippen molar-refractivity contribution in [2.45, 2.75) is 44.7 Å². The molecule has 2 N–H and O–H groups in total. The molecule has 9 heteroatoms. The molecule has 0 spiro atoms. The summed E-state index contributed by atoms with van der Waals surface area (Å²) < 4.78 is 38.9. The zero-order valence-corrected chi connectivity index (χ0v) is 21.7. The Kier molecular flexibility index (Phi) is 10.3. The number of benzene rings is 2. The molecule has 0 fully saturated rings. The number of amides is 1. The molecule has 0 heterocycles. The first kappa shape index (κ1) is 27.6. The molecule has 2 rings (SSSR count). The van der Waals surface area contributed by atoms with E-state index in [4.69, 9.17) is 9.47 Å². The Bertz CT molecular complexity index is 1020. The van der Waals surface area contributed by atoms with Crippen LogP contribution in [0.4, 0.5) is 0 Å². The maximum Gasteiger partial charge on any atom is 0.241 e. The monoisotopic (exact) mass is 491 g/mol. The summed E-state index contributed by atoms with van der Waals surface area (Å²) in [6, 6.07) is 12.8. The predicted octanol–water partition coefficient (Wildman–Crippen LogP) is 3.21. The van der Waals surface area contributed by atoms with Crippen LogP contribution in [0.25, 0.3) is 0 Å². The summed E-state index contributed by atoms with van der Waals surface area (Å²) in [6.45, 7) is 9.69. The minimum absolute atomic E-state index is 0.0733. The molecular weight excluding hydrogens is 454 g/mol. The van der Waals surface area contributed by atoms with Crippen LogP contribution in [0, 0.1) is 5.92 Å². The molecule has 0 aromatic heterocycles. The highest BCUT2D eigenvalue weighted by Gasteiger charge is 2.29. The highest BCUT2D eigenvalue weighted by molar-refractivity contribution is 7.89. The van der Waals surface area contributed by atoms with Gasteiger partial charge in [-0.2, -0.15) is 4.72 Å². The number of carbonyl (C=O) groups excluding carboxylic acids is 1. The van der Waals surface area contributed by atoms with Crippen LogP contribution < -0.4 is 19.5 Å². The molecule has 2 atom stereocenters. The van der Waals surface area contributed by atoms with E-state index < -0.39 is 16.1 Å². The average molecular weight is 492 g/mol. The van der Waals surface area contributed by atoms with Crippen LogP contribution in [0.5, 0.6) is 11.5 Å². The number of rotatable bonds is 13. The SMILES string of the molecule is CCN(CC)C(CNC(=O)[C@@H](NS(=O)(=O)c1ccc(OC)cc1)C(C)C)c1cccc(OC)c1. The lowest BCUT2D eigenvalue weighted by atomic mass is 10.0. The second-order valence-corrected chi connectivity index (χ2v) is 9.99. The van der Waals surface area contributed by atoms with Crippen molar-refractivity contribution in [2.75, 3.05) is 33.9 Å². The summed E-state index contributed by atoms with van der Waals surface area (Å²) in [5.74, 6) is 0.675. The summed E-state index contributed by atoms with van der Waals surface area (Å²) in [5.41, 5.74) is 1.02. The Balaban J connectivity index is 2.20. The van der Waals surface area contributed by atoms with Crippen molar-refractivity contribution >= 4 is 15.9 Å². The van der Waals surface area contributed by atoms with E-state index in [0.29, 0.717) is 12.3 Å². The summed E-state index contributed by atoms with van der Waals surface area (Å²) in [7, 11) is -0.761. The van der Waals surface area contributed by atoms with Gasteiger partial charge in [-0.25, -0.2) is 8.42 Å². The van der Waals surface area contributed by atoms with E-state index >= 15 is 0 Å². The third-order valence-electron chi connectivity index (χ3n) is 5.80. The van der Waals surface area contributed by atoms with Crippen LogP contribution in [0.3, 0.4) is 0 Å². The van der Waals surface area contributed by atoms with Gasteiger partial charge in [0.15, 0.2) is 0 Å². The lowest BCUT2D eigenvalue weighted by Crippen LogP contribution is -2.51. The molecule has 0 aliphatic rings. The van der Waals surface area contributed by atoms with Crippen molar-refractivity contribution in [1.82, 2.24) is 14.9 Å². The maximum atomic E-state index is 13.2. The van der Waals surface area contributed by atoms with Crippen molar-refractivity contribution in [2.24, 2.45) is 5.92 Å². The van der Waals surface area contributed by atoms with E-state index in [-0.39, 0.29) is 22.8 Å². The number of carbonyl (C=O) groups is 1. The van der Waals surface area contributed by atoms with Crippen molar-refractivity contribution in [3.05, 3.63) is 54.1 Å². The van der Waals surface area contributed by atoms with Gasteiger partial charge in [-0.1, -0.05) is 39.8 Å². The molecule has 188 valence electrons. The van der Waals surface area contributed by atoms with Gasteiger partial charge in [0, 0.05) is 6.54 Å². The van der Waals surface area contributed by atoms with E-state index in [1.165, 1.54) is 19.2 Å². The van der Waals surface area contributed by atoms with Crippen LogP contribution in [-0.2, 0) is 14.8 Å². The van der Waals surface area contributed by atoms with Crippen molar-refractivity contribution < 1.29 is 22.7 Å². The van der Waals surface area contributed by atoms with Gasteiger partial charge in [0.05, 0.1) is 25.2 Å². The van der Waals surface area contributed by atoms with Gasteiger partial charge in [-0.05, 0) is 61.0 Å². The molecule has 0 saturated carbocycles. The molecule has 34 heavy (non-hydrogen) atoms. The molecule has 2 aromatic carbocycles. The second-order valence-electron chi connectivity index (χ2n) is 8.28. The molecule has 0 saturated heterocycles. The fourth-order valence-corrected chi connectivity index (χ4v) is 5.10. The van der Waals surface area contributed by atoms with E-state index in [1.54, 1.807) is 19.2 Å². The standard InChI is InChI=1S/C25H37N3O5S/c1-7-28(8-2)23(19-10-9-11-21(16-19)33-6)17-26-25(29)24(18(3)4)27-34(30,31)22-14-12-20(32-5)13-15-22/h9-16,18,23-24,27H,7-8,17H2,1-6H3,(H,26,29)/t23?,24-/m0/s1. The first-order chi connectivity index (χ1) is 16.2. The minimum Gasteiger partial charge on any atom is -0.497 e. The zero-order chi connectivity index (χ0) is 25.3. The fourth-order valence-electron chi connectivity index (χ4n) is 3.76. The van der Waals surface area contributed by atoms with Gasteiger partial charge < -0.3 is 14.8 Å². The van der Waals surface area contributed by atoms with Gasteiger partial charge in [-0.3, -0.25) is 9.69 Å². The predicted molar refractivity (Wildman–Crippen MR) is 134 cm³/mol. The number of likely N-dealkylation sites (N-methyl/N-ethyl adjacent to an activating group) is 1. The molecule has 0 aliphatic heterocycles.